The molecule has 2 nitrogen and oxygen atoms in total. The first kappa shape index (κ1) is 50.1. The largest absolute Gasteiger partial charge is 0.238 e. The normalized spacial score (nSPS) is 11.6. The molecule has 0 fully saturated rings. The molecule has 0 aliphatic carbocycles. The van der Waals surface area contributed by atoms with Crippen molar-refractivity contribution in [3.8, 4) is 0 Å². The smallest absolute Gasteiger partial charge is 0.128 e. The van der Waals surface area contributed by atoms with Crippen molar-refractivity contribution < 1.29 is 0 Å². The fraction of sp³-hybridized carbons (Fsp3) is 0.902. The summed E-state index contributed by atoms with van der Waals surface area (Å²) in [7, 11) is 0. The van der Waals surface area contributed by atoms with Crippen LogP contribution in [-0.2, 0) is 19.3 Å². The van der Waals surface area contributed by atoms with Gasteiger partial charge in [0.2, 0.25) is 0 Å². The van der Waals surface area contributed by atoms with Gasteiger partial charge in [-0.15, -0.1) is 0 Å². The molecule has 0 aromatic carbocycles. The molecule has 0 aliphatic heterocycles. The lowest BCUT2D eigenvalue weighted by Crippen LogP contribution is -2.04. The number of aryl methyl sites for hydroxylation is 3. The number of hydrogen-bond donors (Lipinski definition) is 0. The van der Waals surface area contributed by atoms with Gasteiger partial charge in [-0.3, -0.25) is 0 Å². The summed E-state index contributed by atoms with van der Waals surface area (Å²) in [6.07, 6.45) is 61.5. The number of unbranched alkanes of at least 4 members (excludes halogenated alkanes) is 38. The summed E-state index contributed by atoms with van der Waals surface area (Å²) in [4.78, 5) is 9.85. The van der Waals surface area contributed by atoms with Gasteiger partial charge in [0.1, 0.15) is 5.82 Å². The first-order chi connectivity index (χ1) is 26.3. The molecule has 1 rings (SSSR count). The van der Waals surface area contributed by atoms with Crippen molar-refractivity contribution in [2.45, 2.75) is 296 Å². The van der Waals surface area contributed by atoms with E-state index in [2.05, 4.69) is 26.8 Å². The average molecular weight is 738 g/mol. The molecule has 0 aliphatic rings. The molecule has 0 saturated carbocycles. The highest BCUT2D eigenvalue weighted by atomic mass is 14.9. The lowest BCUT2D eigenvalue weighted by atomic mass is 10.0. The maximum Gasteiger partial charge on any atom is 0.128 e. The molecule has 0 N–H and O–H groups in total. The predicted octanol–water partition coefficient (Wildman–Crippen LogP) is 18.0. The SMILES string of the molecule is [CH2]CCc1nc(CCCCCCCCCCCCCCCCCCCCCC)cc(CCCCCCCCCCCCCCCCCCCCCC)n1. The van der Waals surface area contributed by atoms with Gasteiger partial charge in [-0.25, -0.2) is 9.97 Å². The second kappa shape index (κ2) is 42.2. The van der Waals surface area contributed by atoms with Crippen molar-refractivity contribution in [1.82, 2.24) is 9.97 Å². The van der Waals surface area contributed by atoms with Crippen LogP contribution in [0.15, 0.2) is 6.07 Å². The summed E-state index contributed by atoms with van der Waals surface area (Å²) < 4.78 is 0. The van der Waals surface area contributed by atoms with E-state index in [1.165, 1.54) is 268 Å². The molecule has 2 heteroatoms. The molecule has 1 radical (unpaired) electrons. The third-order valence-corrected chi connectivity index (χ3v) is 11.9. The Morgan fingerprint density at radius 2 is 0.509 bits per heavy atom. The highest BCUT2D eigenvalue weighted by Crippen LogP contribution is 2.18. The van der Waals surface area contributed by atoms with Gasteiger partial charge in [0.15, 0.2) is 0 Å². The van der Waals surface area contributed by atoms with Crippen molar-refractivity contribution in [1.29, 1.82) is 0 Å². The first-order valence-electron chi connectivity index (χ1n) is 24.9. The Morgan fingerprint density at radius 3 is 0.717 bits per heavy atom. The van der Waals surface area contributed by atoms with Gasteiger partial charge in [0.25, 0.3) is 0 Å². The fourth-order valence-corrected chi connectivity index (χ4v) is 8.26. The van der Waals surface area contributed by atoms with Gasteiger partial charge in [-0.1, -0.05) is 265 Å². The van der Waals surface area contributed by atoms with Gasteiger partial charge >= 0.3 is 0 Å². The fourth-order valence-electron chi connectivity index (χ4n) is 8.26. The van der Waals surface area contributed by atoms with E-state index in [0.29, 0.717) is 0 Å². The Kier molecular flexibility index (Phi) is 39.9. The topological polar surface area (TPSA) is 25.8 Å². The molecule has 0 unspecified atom stereocenters. The zero-order valence-electron chi connectivity index (χ0n) is 36.8. The maximum absolute atomic E-state index is 4.93. The van der Waals surface area contributed by atoms with Crippen molar-refractivity contribution in [2.75, 3.05) is 0 Å². The first-order valence-corrected chi connectivity index (χ1v) is 24.9. The Morgan fingerprint density at radius 1 is 0.302 bits per heavy atom. The van der Waals surface area contributed by atoms with E-state index < -0.39 is 0 Å². The molecule has 0 amide bonds. The minimum Gasteiger partial charge on any atom is -0.238 e. The number of rotatable bonds is 44. The summed E-state index contributed by atoms with van der Waals surface area (Å²) in [5, 5.41) is 0. The van der Waals surface area contributed by atoms with Crippen LogP contribution in [0.5, 0.6) is 0 Å². The highest BCUT2D eigenvalue weighted by molar-refractivity contribution is 5.12. The second-order valence-corrected chi connectivity index (χ2v) is 17.3. The van der Waals surface area contributed by atoms with Gasteiger partial charge in [0, 0.05) is 17.8 Å². The molecular formula is C51H97N2. The lowest BCUT2D eigenvalue weighted by molar-refractivity contribution is 0.521. The quantitative estimate of drug-likeness (QED) is 0.0623. The van der Waals surface area contributed by atoms with Crippen LogP contribution in [0.1, 0.15) is 294 Å². The number of nitrogens with zero attached hydrogens (tertiary/aromatic N) is 2. The van der Waals surface area contributed by atoms with Gasteiger partial charge in [-0.05, 0) is 38.2 Å². The molecule has 0 bridgehead atoms. The summed E-state index contributed by atoms with van der Waals surface area (Å²) >= 11 is 0. The van der Waals surface area contributed by atoms with E-state index in [9.17, 15) is 0 Å². The van der Waals surface area contributed by atoms with Crippen molar-refractivity contribution in [3.63, 3.8) is 0 Å². The average Bonchev–Trinajstić information content (AvgIpc) is 3.16. The third-order valence-electron chi connectivity index (χ3n) is 11.9. The molecule has 0 atom stereocenters. The summed E-state index contributed by atoms with van der Waals surface area (Å²) in [6.45, 7) is 8.69. The zero-order valence-corrected chi connectivity index (χ0v) is 36.8. The lowest BCUT2D eigenvalue weighted by Gasteiger charge is -2.09. The molecule has 0 spiro atoms. The second-order valence-electron chi connectivity index (χ2n) is 17.3. The molecule has 311 valence electrons. The van der Waals surface area contributed by atoms with Crippen LogP contribution in [0.3, 0.4) is 0 Å². The summed E-state index contributed by atoms with van der Waals surface area (Å²) in [6, 6.07) is 2.33. The van der Waals surface area contributed by atoms with E-state index >= 15 is 0 Å². The molecule has 1 heterocycles. The minimum absolute atomic E-state index is 0.890. The van der Waals surface area contributed by atoms with Crippen molar-refractivity contribution in [3.05, 3.63) is 30.2 Å². The van der Waals surface area contributed by atoms with Crippen LogP contribution in [0.4, 0.5) is 0 Å². The van der Waals surface area contributed by atoms with E-state index in [-0.39, 0.29) is 0 Å². The summed E-state index contributed by atoms with van der Waals surface area (Å²) in [5.41, 5.74) is 2.57. The predicted molar refractivity (Wildman–Crippen MR) is 239 cm³/mol. The van der Waals surface area contributed by atoms with E-state index in [4.69, 9.17) is 9.97 Å². The minimum atomic E-state index is 0.890. The maximum atomic E-state index is 4.93. The monoisotopic (exact) mass is 738 g/mol. The standard InChI is InChI=1S/C51H97N2/c1-4-7-9-11-13-15-17-19-21-23-25-27-29-31-33-35-37-39-41-43-46-49-48-50(53-51(52-49)45-6-3)47-44-42-40-38-36-34-32-30-28-26-24-22-20-18-16-14-12-10-8-5-2/h48H,3-47H2,1-2H3. The van der Waals surface area contributed by atoms with Gasteiger partial charge < -0.3 is 0 Å². The molecular weight excluding hydrogens is 641 g/mol. The van der Waals surface area contributed by atoms with Crippen molar-refractivity contribution in [2.24, 2.45) is 0 Å². The molecule has 53 heavy (non-hydrogen) atoms. The third kappa shape index (κ3) is 36.5. The van der Waals surface area contributed by atoms with Gasteiger partial charge in [-0.2, -0.15) is 0 Å². The Hall–Kier alpha value is -0.920. The number of hydrogen-bond acceptors (Lipinski definition) is 2. The van der Waals surface area contributed by atoms with Crippen LogP contribution in [0, 0.1) is 6.92 Å². The van der Waals surface area contributed by atoms with Crippen LogP contribution in [0.25, 0.3) is 0 Å². The molecule has 0 saturated heterocycles. The van der Waals surface area contributed by atoms with Crippen LogP contribution < -0.4 is 0 Å². The van der Waals surface area contributed by atoms with Crippen LogP contribution in [-0.4, -0.2) is 9.97 Å². The highest BCUT2D eigenvalue weighted by Gasteiger charge is 2.06. The zero-order chi connectivity index (χ0) is 38.0. The van der Waals surface area contributed by atoms with Gasteiger partial charge in [0.05, 0.1) is 0 Å². The van der Waals surface area contributed by atoms with Crippen molar-refractivity contribution >= 4 is 0 Å². The Bertz CT molecular complexity index is 771. The Labute approximate surface area is 335 Å². The number of aromatic nitrogens is 2. The van der Waals surface area contributed by atoms with Crippen LogP contribution >= 0.6 is 0 Å². The summed E-state index contributed by atoms with van der Waals surface area (Å²) in [5.74, 6) is 1.04. The molecule has 1 aromatic rings. The van der Waals surface area contributed by atoms with Crippen LogP contribution in [0.2, 0.25) is 0 Å². The van der Waals surface area contributed by atoms with E-state index in [0.717, 1.165) is 31.5 Å². The molecule has 1 aromatic heterocycles. The Balaban J connectivity index is 1.94. The van der Waals surface area contributed by atoms with E-state index in [1.807, 2.05) is 0 Å². The van der Waals surface area contributed by atoms with E-state index in [1.54, 1.807) is 0 Å².